The van der Waals surface area contributed by atoms with Gasteiger partial charge < -0.3 is 101 Å². The number of imidazole rings is 2. The number of hydrogen-bond acceptors (Lipinski definition) is 24. The van der Waals surface area contributed by atoms with Crippen LogP contribution < -0.4 is 73.2 Å². The number of nitrogens with one attached hydrogen (secondary N) is 13. The molecule has 656 valence electrons. The van der Waals surface area contributed by atoms with E-state index < -0.39 is 20.6 Å². The molecule has 7 aliphatic heterocycles. The number of amides is 11. The topological polar surface area (TPSA) is 446 Å². The van der Waals surface area contributed by atoms with Crippen LogP contribution in [0.3, 0.4) is 0 Å². The van der Waals surface area contributed by atoms with Crippen LogP contribution in [0.15, 0.2) is 25.0 Å². The maximum Gasteiger partial charge on any atom is 0.334 e. The van der Waals surface area contributed by atoms with E-state index in [1.54, 1.807) is 25.0 Å². The molecule has 0 spiro atoms. The van der Waals surface area contributed by atoms with Crippen LogP contribution in [-0.4, -0.2) is 272 Å². The number of anilines is 3. The molecule has 118 heavy (non-hydrogen) atoms. The zero-order valence-corrected chi connectivity index (χ0v) is 72.1. The number of fused-ring (bicyclic) bond motifs is 2. The highest BCUT2D eigenvalue weighted by Gasteiger charge is 2.44. The molecule has 11 amide bonds. The number of ether oxygens (including phenoxy) is 2. The number of aromatic amines is 2. The molecule has 35 nitrogen and oxygen atoms in total. The van der Waals surface area contributed by atoms with E-state index in [0.717, 1.165) is 94.6 Å². The number of thioether (sulfide) groups is 2. The summed E-state index contributed by atoms with van der Waals surface area (Å²) in [5.41, 5.74) is 1.40. The lowest BCUT2D eigenvalue weighted by Crippen LogP contribution is -2.53. The number of carbonyl (C=O) groups excluding carboxylic acids is 10. The summed E-state index contributed by atoms with van der Waals surface area (Å²) in [7, 11) is -2.17. The highest BCUT2D eigenvalue weighted by Crippen LogP contribution is 2.35. The van der Waals surface area contributed by atoms with E-state index in [2.05, 4.69) is 99.7 Å². The largest absolute Gasteiger partial charge is 0.395 e. The lowest BCUT2D eigenvalue weighted by Gasteiger charge is -2.36. The van der Waals surface area contributed by atoms with Crippen molar-refractivity contribution >= 4 is 109 Å². The van der Waals surface area contributed by atoms with E-state index in [1.807, 2.05) is 37.4 Å². The molecule has 13 N–H and O–H groups in total. The second kappa shape index (κ2) is 49.7. The van der Waals surface area contributed by atoms with E-state index in [0.29, 0.717) is 222 Å². The molecule has 10 heterocycles. The number of urea groups is 2. The molecule has 0 saturated carbocycles. The average Bonchev–Trinajstić information content (AvgIpc) is 1.44. The molecule has 0 aromatic carbocycles. The Bertz CT molecular complexity index is 3430. The van der Waals surface area contributed by atoms with Gasteiger partial charge >= 0.3 is 20.6 Å². The first-order valence-corrected chi connectivity index (χ1v) is 48.3. The molecule has 7 aliphatic rings. The first-order valence-electron chi connectivity index (χ1n) is 43.6. The molecule has 3 aromatic heterocycles. The van der Waals surface area contributed by atoms with Crippen LogP contribution in [0.2, 0.25) is 12.6 Å². The van der Waals surface area contributed by atoms with Gasteiger partial charge in [0.05, 0.1) is 56.6 Å². The third kappa shape index (κ3) is 31.3. The fourth-order valence-corrected chi connectivity index (χ4v) is 22.0. The lowest BCUT2D eigenvalue weighted by molar-refractivity contribution is -0.129. The minimum absolute atomic E-state index is 0.0106. The first-order chi connectivity index (χ1) is 57.4. The number of nitrogens with zero attached hydrogens (tertiary/aromatic N) is 8. The van der Waals surface area contributed by atoms with Crippen LogP contribution >= 0.6 is 23.5 Å². The minimum Gasteiger partial charge on any atom is -0.395 e. The maximum atomic E-state index is 14.2. The number of Topliss-reactive ketones (excluding diaryl/α,β-unsaturated/α-hetero) is 1. The molecule has 3 aromatic rings. The van der Waals surface area contributed by atoms with Crippen molar-refractivity contribution < 1.29 is 66.3 Å². The van der Waals surface area contributed by atoms with Gasteiger partial charge in [0.15, 0.2) is 0 Å². The van der Waals surface area contributed by atoms with Gasteiger partial charge in [0.1, 0.15) is 17.9 Å². The minimum atomic E-state index is -2.17. The van der Waals surface area contributed by atoms with Gasteiger partial charge in [0.25, 0.3) is 0 Å². The zero-order valence-electron chi connectivity index (χ0n) is 69.5. The normalized spacial score (nSPS) is 20.7. The molecule has 7 fully saturated rings. The van der Waals surface area contributed by atoms with Gasteiger partial charge in [0, 0.05) is 194 Å². The summed E-state index contributed by atoms with van der Waals surface area (Å²) >= 11 is 3.75. The second-order valence-electron chi connectivity index (χ2n) is 32.3. The molecule has 0 radical (unpaired) electrons. The SMILES string of the molecule is CCO[Si](C)(CCCCC(=O)CCCOCCOCCNC(=O)C1CCN(c2nc(N3CCC(NC(=O)C(Cc4cnc[nH]4)NC(=O)CCCCCNC(=O)CCCCC4SCC5NC(=O)NC54)CC3)nc(N3CCC(NC(=O)C(Cc4cnc[nH]4)NC(=O)CCCCCNC(=O)CCCCC4SCC5NC(=O)NC54)CC3)n2)CC1)OCC. The van der Waals surface area contributed by atoms with Gasteiger partial charge in [-0.1, -0.05) is 32.1 Å². The molecule has 8 unspecified atom stereocenters. The molecule has 0 bridgehead atoms. The monoisotopic (exact) mass is 1700 g/mol. The second-order valence-corrected chi connectivity index (χ2v) is 38.1. The molecule has 10 rings (SSSR count). The number of rotatable bonds is 55. The highest BCUT2D eigenvalue weighted by atomic mass is 32.2. The summed E-state index contributed by atoms with van der Waals surface area (Å²) in [4.78, 5) is 166. The number of piperidine rings is 3. The van der Waals surface area contributed by atoms with E-state index in [4.69, 9.17) is 33.3 Å². The quantitative estimate of drug-likeness (QED) is 0.0205. The lowest BCUT2D eigenvalue weighted by atomic mass is 9.96. The Balaban J connectivity index is 0.663. The van der Waals surface area contributed by atoms with Crippen LogP contribution in [0.5, 0.6) is 0 Å². The number of hydrogen-bond donors (Lipinski definition) is 13. The molecule has 7 saturated heterocycles. The predicted octanol–water partition coefficient (Wildman–Crippen LogP) is 4.78. The fraction of sp³-hybridized carbons (Fsp3) is 0.762. The van der Waals surface area contributed by atoms with Gasteiger partial charge in [0.2, 0.25) is 59.2 Å². The molecular formula is C80H131N21O14S2Si. The van der Waals surface area contributed by atoms with Crippen LogP contribution in [0.4, 0.5) is 27.4 Å². The van der Waals surface area contributed by atoms with Crippen LogP contribution in [0, 0.1) is 5.92 Å². The summed E-state index contributed by atoms with van der Waals surface area (Å²) in [5.74, 6) is 2.19. The zero-order chi connectivity index (χ0) is 83.3. The smallest absolute Gasteiger partial charge is 0.334 e. The third-order valence-electron chi connectivity index (χ3n) is 23.1. The number of H-pyrrole nitrogens is 2. The maximum absolute atomic E-state index is 14.2. The first kappa shape index (κ1) is 92.4. The van der Waals surface area contributed by atoms with Crippen LogP contribution in [0.1, 0.15) is 199 Å². The standard InChI is InChI=1S/C80H131N21O14S2Si/c1-4-114-118(3,115-5-2)46-17-14-19-60(102)20-18-42-112-44-45-113-43-35-85-73(107)55-27-36-99(37-28-55)76-96-77(100-38-29-56(30-39-100)88-74(108)61(47-58-49-81-53-86-58)90-69(105)25-8-6-15-33-83-67(103)23-12-10-21-65-71-63(51-116-65)92-79(110)94-71)98-78(97-76)101-40-31-57(32-41-101)89-75(109)62(48-59-50-82-54-87-59)91-70(106)26-9-7-16-34-84-68(104)24-13-11-22-66-72-64(52-117-66)93-80(111)95-72/h49-50,53-57,61-66,71-72H,4-48,51-52H2,1-3H3,(H,81,86)(H,82,87)(H,83,103)(H,84,104)(H,85,107)(H,88,108)(H,89,109)(H,90,105)(H,91,106)(H2,92,94,110)(H2,93,95,111). The number of unbranched alkanes of at least 4 members (excludes halogenated alkanes) is 7. The Morgan fingerprint density at radius 3 is 1.38 bits per heavy atom. The van der Waals surface area contributed by atoms with Crippen LogP contribution in [-0.2, 0) is 69.5 Å². The molecule has 8 atom stereocenters. The number of aromatic nitrogens is 7. The van der Waals surface area contributed by atoms with Crippen molar-refractivity contribution in [3.8, 4) is 0 Å². The van der Waals surface area contributed by atoms with Crippen molar-refractivity contribution in [3.63, 3.8) is 0 Å². The number of carbonyl (C=O) groups is 10. The van der Waals surface area contributed by atoms with E-state index in [9.17, 15) is 47.9 Å². The van der Waals surface area contributed by atoms with Gasteiger partial charge in [-0.25, -0.2) is 19.6 Å². The summed E-state index contributed by atoms with van der Waals surface area (Å²) in [6, 6.07) is -0.763. The van der Waals surface area contributed by atoms with Gasteiger partial charge in [-0.15, -0.1) is 0 Å². The molecule has 0 aliphatic carbocycles. The Morgan fingerprint density at radius 1 is 0.492 bits per heavy atom. The van der Waals surface area contributed by atoms with Crippen molar-refractivity contribution in [2.75, 3.05) is 125 Å². The van der Waals surface area contributed by atoms with Gasteiger partial charge in [-0.3, -0.25) is 38.4 Å². The predicted molar refractivity (Wildman–Crippen MR) is 453 cm³/mol. The summed E-state index contributed by atoms with van der Waals surface area (Å²) in [6.45, 7) is 13.4. The van der Waals surface area contributed by atoms with Gasteiger partial charge in [-0.05, 0) is 129 Å². The number of ketones is 1. The Labute approximate surface area is 703 Å². The summed E-state index contributed by atoms with van der Waals surface area (Å²) in [5, 5.41) is 34.2. The Hall–Kier alpha value is -7.91. The van der Waals surface area contributed by atoms with E-state index in [-0.39, 0.29) is 127 Å². The fourth-order valence-electron chi connectivity index (χ4n) is 16.5. The van der Waals surface area contributed by atoms with E-state index in [1.165, 1.54) is 0 Å². The van der Waals surface area contributed by atoms with E-state index >= 15 is 0 Å². The van der Waals surface area contributed by atoms with Crippen molar-refractivity contribution in [3.05, 3.63) is 36.4 Å². The Kier molecular flexibility index (Phi) is 38.9. The highest BCUT2D eigenvalue weighted by molar-refractivity contribution is 8.00. The van der Waals surface area contributed by atoms with Crippen molar-refractivity contribution in [2.45, 2.75) is 271 Å². The van der Waals surface area contributed by atoms with Crippen molar-refractivity contribution in [2.24, 2.45) is 5.92 Å². The van der Waals surface area contributed by atoms with Crippen LogP contribution in [0.25, 0.3) is 0 Å². The molecule has 38 heteroatoms. The van der Waals surface area contributed by atoms with Gasteiger partial charge in [-0.2, -0.15) is 38.5 Å². The summed E-state index contributed by atoms with van der Waals surface area (Å²) < 4.78 is 23.4. The Morgan fingerprint density at radius 2 is 0.924 bits per heavy atom. The van der Waals surface area contributed by atoms with Crippen molar-refractivity contribution in [1.82, 2.24) is 93.4 Å². The molecular weight excluding hydrogens is 1570 g/mol. The average molecular weight is 1700 g/mol. The van der Waals surface area contributed by atoms with Crippen molar-refractivity contribution in [1.29, 1.82) is 0 Å². The summed E-state index contributed by atoms with van der Waals surface area (Å²) in [6.07, 6.45) is 24.3. The third-order valence-corrected chi connectivity index (χ3v) is 29.2.